The second kappa shape index (κ2) is 8.97. The molecule has 1 aromatic carbocycles. The average molecular weight is 431 g/mol. The molecule has 0 saturated heterocycles. The standard InChI is InChI=1S/C22H29N3O6/c1-22(2,3)23-20(27)15-12-14-6-7-16(29-4)19-18(14)25(21(15)28)9-8-24(10-11-31-19)13-17(26)30-5/h6-7,12H,8-11,13H2,1-5H3,(H,23,27). The molecule has 168 valence electrons. The summed E-state index contributed by atoms with van der Waals surface area (Å²) in [5.74, 6) is 0.131. The van der Waals surface area contributed by atoms with Gasteiger partial charge in [-0.3, -0.25) is 19.3 Å². The van der Waals surface area contributed by atoms with E-state index < -0.39 is 17.0 Å². The van der Waals surface area contributed by atoms with Crippen LogP contribution in [0.5, 0.6) is 11.5 Å². The topological polar surface area (TPSA) is 99.1 Å². The number of nitrogens with one attached hydrogen (secondary N) is 1. The molecule has 2 heterocycles. The number of esters is 1. The van der Waals surface area contributed by atoms with Gasteiger partial charge in [-0.2, -0.15) is 0 Å². The van der Waals surface area contributed by atoms with Gasteiger partial charge in [0.2, 0.25) is 0 Å². The monoisotopic (exact) mass is 431 g/mol. The van der Waals surface area contributed by atoms with E-state index in [9.17, 15) is 14.4 Å². The molecule has 1 N–H and O–H groups in total. The summed E-state index contributed by atoms with van der Waals surface area (Å²) >= 11 is 0. The SMILES string of the molecule is COC(=O)CN1CCOc2c(OC)ccc3cc(C(=O)NC(C)(C)C)c(=O)n(c23)CC1. The van der Waals surface area contributed by atoms with Crippen LogP contribution in [0.2, 0.25) is 0 Å². The van der Waals surface area contributed by atoms with E-state index in [1.54, 1.807) is 18.2 Å². The van der Waals surface area contributed by atoms with Gasteiger partial charge in [-0.15, -0.1) is 0 Å². The van der Waals surface area contributed by atoms with Crippen LogP contribution in [0, 0.1) is 0 Å². The summed E-state index contributed by atoms with van der Waals surface area (Å²) in [6.07, 6.45) is 0. The fraction of sp³-hybridized carbons (Fsp3) is 0.500. The van der Waals surface area contributed by atoms with Crippen molar-refractivity contribution in [3.8, 4) is 11.5 Å². The number of ether oxygens (including phenoxy) is 3. The molecule has 0 spiro atoms. The van der Waals surface area contributed by atoms with Crippen LogP contribution in [-0.2, 0) is 16.1 Å². The molecule has 31 heavy (non-hydrogen) atoms. The lowest BCUT2D eigenvalue weighted by Crippen LogP contribution is -2.43. The predicted molar refractivity (Wildman–Crippen MR) is 116 cm³/mol. The van der Waals surface area contributed by atoms with Crippen molar-refractivity contribution in [1.29, 1.82) is 0 Å². The lowest BCUT2D eigenvalue weighted by atomic mass is 10.1. The van der Waals surface area contributed by atoms with Gasteiger partial charge in [0.05, 0.1) is 26.3 Å². The molecular formula is C22H29N3O6. The minimum atomic E-state index is -0.488. The Balaban J connectivity index is 2.15. The van der Waals surface area contributed by atoms with E-state index >= 15 is 0 Å². The highest BCUT2D eigenvalue weighted by Crippen LogP contribution is 2.35. The van der Waals surface area contributed by atoms with Crippen molar-refractivity contribution in [2.24, 2.45) is 0 Å². The number of hydrogen-bond acceptors (Lipinski definition) is 7. The van der Waals surface area contributed by atoms with E-state index in [1.165, 1.54) is 18.8 Å². The summed E-state index contributed by atoms with van der Waals surface area (Å²) < 4.78 is 17.8. The van der Waals surface area contributed by atoms with Crippen molar-refractivity contribution in [1.82, 2.24) is 14.8 Å². The largest absolute Gasteiger partial charge is 0.493 e. The van der Waals surface area contributed by atoms with Crippen LogP contribution < -0.4 is 20.3 Å². The van der Waals surface area contributed by atoms with Gasteiger partial charge in [-0.05, 0) is 39.0 Å². The number of pyridine rings is 1. The average Bonchev–Trinajstić information content (AvgIpc) is 2.79. The van der Waals surface area contributed by atoms with E-state index in [-0.39, 0.29) is 24.6 Å². The Bertz CT molecular complexity index is 1050. The molecule has 1 aliphatic rings. The fourth-order valence-electron chi connectivity index (χ4n) is 3.55. The number of methoxy groups -OCH3 is 2. The lowest BCUT2D eigenvalue weighted by Gasteiger charge is -2.22. The zero-order chi connectivity index (χ0) is 22.8. The molecule has 1 amide bonds. The Morgan fingerprint density at radius 2 is 1.90 bits per heavy atom. The van der Waals surface area contributed by atoms with Crippen LogP contribution in [0.4, 0.5) is 0 Å². The number of carbonyl (C=O) groups excluding carboxylic acids is 2. The summed E-state index contributed by atoms with van der Waals surface area (Å²) in [7, 11) is 2.87. The lowest BCUT2D eigenvalue weighted by molar-refractivity contribution is -0.142. The van der Waals surface area contributed by atoms with Gasteiger partial charge in [-0.25, -0.2) is 0 Å². The van der Waals surface area contributed by atoms with Crippen molar-refractivity contribution in [3.63, 3.8) is 0 Å². The second-order valence-electron chi connectivity index (χ2n) is 8.45. The van der Waals surface area contributed by atoms with Gasteiger partial charge in [0.15, 0.2) is 11.5 Å². The Kier molecular flexibility index (Phi) is 6.54. The van der Waals surface area contributed by atoms with Gasteiger partial charge in [0, 0.05) is 30.6 Å². The number of rotatable bonds is 4. The number of amides is 1. The van der Waals surface area contributed by atoms with Gasteiger partial charge >= 0.3 is 5.97 Å². The Morgan fingerprint density at radius 3 is 2.55 bits per heavy atom. The first-order valence-electron chi connectivity index (χ1n) is 10.1. The summed E-state index contributed by atoms with van der Waals surface area (Å²) in [5.41, 5.74) is -0.293. The number of carbonyl (C=O) groups is 2. The molecule has 9 nitrogen and oxygen atoms in total. The molecule has 0 saturated carbocycles. The van der Waals surface area contributed by atoms with E-state index in [0.29, 0.717) is 42.1 Å². The van der Waals surface area contributed by atoms with Crippen LogP contribution in [-0.4, -0.2) is 67.3 Å². The first-order valence-corrected chi connectivity index (χ1v) is 10.1. The van der Waals surface area contributed by atoms with E-state index in [4.69, 9.17) is 14.2 Å². The van der Waals surface area contributed by atoms with Crippen molar-refractivity contribution in [3.05, 3.63) is 34.1 Å². The van der Waals surface area contributed by atoms with E-state index in [0.717, 1.165) is 0 Å². The Hall–Kier alpha value is -3.07. The molecule has 1 aliphatic heterocycles. The summed E-state index contributed by atoms with van der Waals surface area (Å²) in [4.78, 5) is 39.8. The Morgan fingerprint density at radius 1 is 1.16 bits per heavy atom. The number of benzene rings is 1. The molecule has 9 heteroatoms. The summed E-state index contributed by atoms with van der Waals surface area (Å²) in [5, 5.41) is 3.54. The fourth-order valence-corrected chi connectivity index (χ4v) is 3.55. The third-order valence-corrected chi connectivity index (χ3v) is 5.00. The normalized spacial score (nSPS) is 14.7. The molecule has 3 rings (SSSR count). The zero-order valence-corrected chi connectivity index (χ0v) is 18.6. The van der Waals surface area contributed by atoms with Crippen LogP contribution >= 0.6 is 0 Å². The number of nitrogens with zero attached hydrogens (tertiary/aromatic N) is 2. The molecule has 2 aromatic rings. The number of aromatic nitrogens is 1. The maximum atomic E-state index is 13.4. The highest BCUT2D eigenvalue weighted by Gasteiger charge is 2.24. The molecule has 0 aliphatic carbocycles. The molecule has 1 aromatic heterocycles. The van der Waals surface area contributed by atoms with Crippen LogP contribution in [0.15, 0.2) is 23.0 Å². The molecular weight excluding hydrogens is 402 g/mol. The predicted octanol–water partition coefficient (Wildman–Crippen LogP) is 1.41. The third kappa shape index (κ3) is 4.99. The maximum absolute atomic E-state index is 13.4. The van der Waals surface area contributed by atoms with Crippen molar-refractivity contribution >= 4 is 22.8 Å². The van der Waals surface area contributed by atoms with Crippen molar-refractivity contribution < 1.29 is 23.8 Å². The van der Waals surface area contributed by atoms with Gasteiger partial charge in [-0.1, -0.05) is 0 Å². The summed E-state index contributed by atoms with van der Waals surface area (Å²) in [6, 6.07) is 5.14. The third-order valence-electron chi connectivity index (χ3n) is 5.00. The molecule has 0 fully saturated rings. The van der Waals surface area contributed by atoms with Crippen molar-refractivity contribution in [2.75, 3.05) is 40.5 Å². The summed E-state index contributed by atoms with van der Waals surface area (Å²) in [6.45, 7) is 7.09. The quantitative estimate of drug-likeness (QED) is 0.731. The van der Waals surface area contributed by atoms with E-state index in [1.807, 2.05) is 25.7 Å². The Labute approximate surface area is 180 Å². The molecule has 0 radical (unpaired) electrons. The first-order chi connectivity index (χ1) is 14.6. The molecule has 0 atom stereocenters. The van der Waals surface area contributed by atoms with Gasteiger partial charge in [0.1, 0.15) is 12.2 Å². The molecule has 0 bridgehead atoms. The smallest absolute Gasteiger partial charge is 0.319 e. The van der Waals surface area contributed by atoms with Crippen LogP contribution in [0.25, 0.3) is 10.9 Å². The van der Waals surface area contributed by atoms with E-state index in [2.05, 4.69) is 5.32 Å². The minimum absolute atomic E-state index is 0.0531. The first kappa shape index (κ1) is 22.6. The van der Waals surface area contributed by atoms with Gasteiger partial charge < -0.3 is 24.1 Å². The van der Waals surface area contributed by atoms with Crippen molar-refractivity contribution in [2.45, 2.75) is 32.9 Å². The highest BCUT2D eigenvalue weighted by atomic mass is 16.5. The van der Waals surface area contributed by atoms with Crippen LogP contribution in [0.1, 0.15) is 31.1 Å². The van der Waals surface area contributed by atoms with Gasteiger partial charge in [0.25, 0.3) is 11.5 Å². The zero-order valence-electron chi connectivity index (χ0n) is 18.6. The highest BCUT2D eigenvalue weighted by molar-refractivity contribution is 5.99. The second-order valence-corrected chi connectivity index (χ2v) is 8.45. The van der Waals surface area contributed by atoms with Crippen LogP contribution in [0.3, 0.4) is 0 Å². The minimum Gasteiger partial charge on any atom is -0.493 e. The number of hydrogen-bond donors (Lipinski definition) is 1. The molecule has 0 unspecified atom stereocenters. The maximum Gasteiger partial charge on any atom is 0.319 e.